The van der Waals surface area contributed by atoms with Crippen molar-refractivity contribution >= 4 is 33.6 Å². The van der Waals surface area contributed by atoms with E-state index in [9.17, 15) is 4.79 Å². The van der Waals surface area contributed by atoms with Crippen LogP contribution in [0, 0.1) is 0 Å². The number of aromatic nitrogens is 1. The third-order valence-corrected chi connectivity index (χ3v) is 4.20. The van der Waals surface area contributed by atoms with E-state index in [4.69, 9.17) is 0 Å². The van der Waals surface area contributed by atoms with Crippen LogP contribution in [-0.4, -0.2) is 39.9 Å². The maximum absolute atomic E-state index is 12.2. The molecule has 1 aliphatic rings. The van der Waals surface area contributed by atoms with Crippen molar-refractivity contribution in [3.8, 4) is 0 Å². The number of nitrogens with zero attached hydrogens (tertiary/aromatic N) is 2. The molecule has 1 atom stereocenters. The highest BCUT2D eigenvalue weighted by molar-refractivity contribution is 9.10. The Morgan fingerprint density at radius 3 is 3.12 bits per heavy atom. The summed E-state index contributed by atoms with van der Waals surface area (Å²) in [5, 5.41) is 0. The summed E-state index contributed by atoms with van der Waals surface area (Å²) in [6.45, 7) is 2.92. The van der Waals surface area contributed by atoms with Gasteiger partial charge in [0.1, 0.15) is 0 Å². The van der Waals surface area contributed by atoms with E-state index in [0.29, 0.717) is 11.6 Å². The van der Waals surface area contributed by atoms with E-state index in [1.165, 1.54) is 0 Å². The number of amides is 1. The average Bonchev–Trinajstić information content (AvgIpc) is 2.29. The largest absolute Gasteiger partial charge is 0.334 e. The Hall–Kier alpha value is -0.550. The molecule has 1 amide bonds. The molecule has 0 radical (unpaired) electrons. The molecule has 0 spiro atoms. The molecule has 0 aromatic carbocycles. The van der Waals surface area contributed by atoms with Gasteiger partial charge < -0.3 is 4.90 Å². The van der Waals surface area contributed by atoms with Crippen molar-refractivity contribution in [2.45, 2.75) is 13.0 Å². The van der Waals surface area contributed by atoms with Crippen molar-refractivity contribution < 1.29 is 4.79 Å². The smallest absolute Gasteiger partial charge is 0.255 e. The molecular formula is C11H13BrN2OS. The molecule has 0 saturated carbocycles. The minimum Gasteiger partial charge on any atom is -0.334 e. The topological polar surface area (TPSA) is 33.2 Å². The van der Waals surface area contributed by atoms with Gasteiger partial charge in [0.05, 0.1) is 5.56 Å². The number of carbonyl (C=O) groups excluding carboxylic acids is 1. The monoisotopic (exact) mass is 300 g/mol. The van der Waals surface area contributed by atoms with Crippen LogP contribution in [0.5, 0.6) is 0 Å². The standard InChI is InChI=1S/C11H13BrN2OS/c1-8-7-16-3-2-14(8)11(15)9-4-10(12)6-13-5-9/h4-6,8H,2-3,7H2,1H3. The van der Waals surface area contributed by atoms with Gasteiger partial charge in [-0.2, -0.15) is 11.8 Å². The molecule has 1 aromatic rings. The van der Waals surface area contributed by atoms with Crippen LogP contribution >= 0.6 is 27.7 Å². The molecule has 5 heteroatoms. The molecule has 3 nitrogen and oxygen atoms in total. The Bertz CT molecular complexity index is 399. The van der Waals surface area contributed by atoms with Crippen molar-refractivity contribution in [2.75, 3.05) is 18.1 Å². The van der Waals surface area contributed by atoms with Crippen LogP contribution in [0.25, 0.3) is 0 Å². The number of halogens is 1. The molecule has 1 aliphatic heterocycles. The number of rotatable bonds is 1. The summed E-state index contributed by atoms with van der Waals surface area (Å²) in [4.78, 5) is 18.2. The Morgan fingerprint density at radius 1 is 1.62 bits per heavy atom. The second-order valence-electron chi connectivity index (χ2n) is 3.81. The summed E-state index contributed by atoms with van der Waals surface area (Å²) in [5.74, 6) is 2.13. The highest BCUT2D eigenvalue weighted by Crippen LogP contribution is 2.19. The van der Waals surface area contributed by atoms with Gasteiger partial charge in [-0.15, -0.1) is 0 Å². The summed E-state index contributed by atoms with van der Waals surface area (Å²) in [7, 11) is 0. The zero-order valence-electron chi connectivity index (χ0n) is 9.02. The lowest BCUT2D eigenvalue weighted by molar-refractivity contribution is 0.0715. The SMILES string of the molecule is CC1CSCCN1C(=O)c1cncc(Br)c1. The van der Waals surface area contributed by atoms with Crippen LogP contribution < -0.4 is 0 Å². The van der Waals surface area contributed by atoms with Crippen LogP contribution in [-0.2, 0) is 0 Å². The summed E-state index contributed by atoms with van der Waals surface area (Å²) >= 11 is 5.24. The van der Waals surface area contributed by atoms with Gasteiger partial charge in [0.25, 0.3) is 5.91 Å². The van der Waals surface area contributed by atoms with E-state index >= 15 is 0 Å². The molecule has 0 bridgehead atoms. The first-order chi connectivity index (χ1) is 7.68. The first-order valence-electron chi connectivity index (χ1n) is 5.18. The Morgan fingerprint density at radius 2 is 2.44 bits per heavy atom. The van der Waals surface area contributed by atoms with Crippen LogP contribution in [0.1, 0.15) is 17.3 Å². The van der Waals surface area contributed by atoms with E-state index in [0.717, 1.165) is 22.5 Å². The lowest BCUT2D eigenvalue weighted by Crippen LogP contribution is -2.44. The lowest BCUT2D eigenvalue weighted by Gasteiger charge is -2.33. The molecule has 1 aromatic heterocycles. The van der Waals surface area contributed by atoms with Crippen molar-refractivity contribution in [2.24, 2.45) is 0 Å². The summed E-state index contributed by atoms with van der Waals surface area (Å²) in [5.41, 5.74) is 0.660. The fourth-order valence-corrected chi connectivity index (χ4v) is 3.10. The Balaban J connectivity index is 2.17. The van der Waals surface area contributed by atoms with E-state index < -0.39 is 0 Å². The zero-order valence-corrected chi connectivity index (χ0v) is 11.4. The van der Waals surface area contributed by atoms with Gasteiger partial charge in [-0.05, 0) is 28.9 Å². The van der Waals surface area contributed by atoms with E-state index in [-0.39, 0.29) is 5.91 Å². The van der Waals surface area contributed by atoms with Gasteiger partial charge in [-0.3, -0.25) is 9.78 Å². The number of pyridine rings is 1. The van der Waals surface area contributed by atoms with Crippen molar-refractivity contribution in [3.63, 3.8) is 0 Å². The molecule has 2 heterocycles. The molecule has 1 fully saturated rings. The van der Waals surface area contributed by atoms with Crippen LogP contribution in [0.4, 0.5) is 0 Å². The van der Waals surface area contributed by atoms with Crippen molar-refractivity contribution in [1.29, 1.82) is 0 Å². The second-order valence-corrected chi connectivity index (χ2v) is 5.88. The number of hydrogen-bond acceptors (Lipinski definition) is 3. The van der Waals surface area contributed by atoms with Gasteiger partial charge in [0.15, 0.2) is 0 Å². The second kappa shape index (κ2) is 5.19. The van der Waals surface area contributed by atoms with E-state index in [2.05, 4.69) is 27.8 Å². The maximum Gasteiger partial charge on any atom is 0.255 e. The zero-order chi connectivity index (χ0) is 11.5. The fourth-order valence-electron chi connectivity index (χ4n) is 1.72. The molecule has 86 valence electrons. The van der Waals surface area contributed by atoms with Gasteiger partial charge >= 0.3 is 0 Å². The van der Waals surface area contributed by atoms with Gasteiger partial charge in [0.2, 0.25) is 0 Å². The molecule has 1 unspecified atom stereocenters. The minimum atomic E-state index is 0.0848. The van der Waals surface area contributed by atoms with Crippen LogP contribution in [0.2, 0.25) is 0 Å². The Kier molecular flexibility index (Phi) is 3.86. The number of carbonyl (C=O) groups is 1. The lowest BCUT2D eigenvalue weighted by atomic mass is 10.2. The predicted molar refractivity (Wildman–Crippen MR) is 69.8 cm³/mol. The number of hydrogen-bond donors (Lipinski definition) is 0. The van der Waals surface area contributed by atoms with Crippen LogP contribution in [0.3, 0.4) is 0 Å². The Labute approximate surface area is 108 Å². The quantitative estimate of drug-likeness (QED) is 0.799. The fraction of sp³-hybridized carbons (Fsp3) is 0.455. The first kappa shape index (κ1) is 11.9. The number of thioether (sulfide) groups is 1. The summed E-state index contributed by atoms with van der Waals surface area (Å²) in [6, 6.07) is 2.13. The van der Waals surface area contributed by atoms with Gasteiger partial charge in [-0.1, -0.05) is 0 Å². The predicted octanol–water partition coefficient (Wildman–Crippen LogP) is 2.42. The highest BCUT2D eigenvalue weighted by Gasteiger charge is 2.24. The molecule has 0 aliphatic carbocycles. The van der Waals surface area contributed by atoms with E-state index in [1.807, 2.05) is 22.7 Å². The molecule has 0 N–H and O–H groups in total. The van der Waals surface area contributed by atoms with Gasteiger partial charge in [-0.25, -0.2) is 0 Å². The summed E-state index contributed by atoms with van der Waals surface area (Å²) in [6.07, 6.45) is 3.31. The van der Waals surface area contributed by atoms with Crippen LogP contribution in [0.15, 0.2) is 22.9 Å². The molecule has 2 rings (SSSR count). The third kappa shape index (κ3) is 2.58. The highest BCUT2D eigenvalue weighted by atomic mass is 79.9. The summed E-state index contributed by atoms with van der Waals surface area (Å²) < 4.78 is 0.845. The molecule has 1 saturated heterocycles. The minimum absolute atomic E-state index is 0.0848. The third-order valence-electron chi connectivity index (χ3n) is 2.58. The molecular weight excluding hydrogens is 288 g/mol. The normalized spacial score (nSPS) is 20.9. The first-order valence-corrected chi connectivity index (χ1v) is 7.12. The van der Waals surface area contributed by atoms with Gasteiger partial charge in [0, 0.05) is 41.0 Å². The van der Waals surface area contributed by atoms with Crippen molar-refractivity contribution in [3.05, 3.63) is 28.5 Å². The average molecular weight is 301 g/mol. The molecule has 16 heavy (non-hydrogen) atoms. The maximum atomic E-state index is 12.2. The van der Waals surface area contributed by atoms with Crippen molar-refractivity contribution in [1.82, 2.24) is 9.88 Å². The van der Waals surface area contributed by atoms with E-state index in [1.54, 1.807) is 12.4 Å².